The molecule has 0 atom stereocenters. The van der Waals surface area contributed by atoms with E-state index >= 15 is 0 Å². The average molecular weight is 394 g/mol. The van der Waals surface area contributed by atoms with Crippen LogP contribution in [0.1, 0.15) is 31.2 Å². The molecule has 3 aliphatic rings. The van der Waals surface area contributed by atoms with E-state index in [1.807, 2.05) is 6.07 Å². The number of carbonyl (C=O) groups excluding carboxylic acids is 1. The van der Waals surface area contributed by atoms with Gasteiger partial charge in [-0.3, -0.25) is 4.79 Å². The van der Waals surface area contributed by atoms with Crippen LogP contribution in [-0.4, -0.2) is 57.8 Å². The highest BCUT2D eigenvalue weighted by Gasteiger charge is 2.35. The van der Waals surface area contributed by atoms with Crippen molar-refractivity contribution in [2.24, 2.45) is 5.92 Å². The number of nitrogens with zero attached hydrogens (tertiary/aromatic N) is 2. The number of rotatable bonds is 4. The van der Waals surface area contributed by atoms with Crippen LogP contribution in [0.15, 0.2) is 23.1 Å². The van der Waals surface area contributed by atoms with E-state index in [9.17, 15) is 13.2 Å². The van der Waals surface area contributed by atoms with E-state index in [4.69, 9.17) is 9.47 Å². The third-order valence-corrected chi connectivity index (χ3v) is 7.75. The zero-order chi connectivity index (χ0) is 19.0. The summed E-state index contributed by atoms with van der Waals surface area (Å²) in [6.07, 6.45) is 2.70. The number of aryl methyl sites for hydroxylation is 1. The summed E-state index contributed by atoms with van der Waals surface area (Å²) in [7, 11) is -3.55. The molecule has 4 rings (SSSR count). The van der Waals surface area contributed by atoms with Crippen molar-refractivity contribution in [3.05, 3.63) is 23.8 Å². The zero-order valence-corrected chi connectivity index (χ0v) is 16.4. The van der Waals surface area contributed by atoms with E-state index in [1.165, 1.54) is 0 Å². The Bertz CT molecular complexity index is 811. The standard InChI is InChI=1S/C19H26N2O5S/c1-14-13-16(21-8-2-3-18(21)22)4-5-17(14)27(23,24)20-9-6-15(7-10-20)19-25-11-12-26-19/h4-5,13,15,19H,2-3,6-12H2,1H3. The summed E-state index contributed by atoms with van der Waals surface area (Å²) in [5.74, 6) is 0.354. The zero-order valence-electron chi connectivity index (χ0n) is 15.6. The van der Waals surface area contributed by atoms with Crippen LogP contribution in [0, 0.1) is 12.8 Å². The fourth-order valence-electron chi connectivity index (χ4n) is 4.19. The minimum atomic E-state index is -3.55. The van der Waals surface area contributed by atoms with E-state index in [0.717, 1.165) is 24.9 Å². The number of anilines is 1. The summed E-state index contributed by atoms with van der Waals surface area (Å²) >= 11 is 0. The number of amides is 1. The van der Waals surface area contributed by atoms with E-state index < -0.39 is 10.0 Å². The predicted molar refractivity (Wildman–Crippen MR) is 99.9 cm³/mol. The summed E-state index contributed by atoms with van der Waals surface area (Å²) in [4.78, 5) is 14.0. The molecule has 0 N–H and O–H groups in total. The number of benzene rings is 1. The van der Waals surface area contributed by atoms with Crippen LogP contribution in [0.5, 0.6) is 0 Å². The van der Waals surface area contributed by atoms with E-state index in [0.29, 0.717) is 49.7 Å². The van der Waals surface area contributed by atoms with Gasteiger partial charge in [0.25, 0.3) is 0 Å². The Hall–Kier alpha value is -1.48. The van der Waals surface area contributed by atoms with Crippen molar-refractivity contribution in [2.45, 2.75) is 43.8 Å². The van der Waals surface area contributed by atoms with E-state index in [1.54, 1.807) is 28.3 Å². The number of sulfonamides is 1. The van der Waals surface area contributed by atoms with Crippen LogP contribution >= 0.6 is 0 Å². The van der Waals surface area contributed by atoms with Gasteiger partial charge < -0.3 is 14.4 Å². The second-order valence-electron chi connectivity index (χ2n) is 7.45. The average Bonchev–Trinajstić information content (AvgIpc) is 3.33. The van der Waals surface area contributed by atoms with Gasteiger partial charge in [0.15, 0.2) is 6.29 Å². The Morgan fingerprint density at radius 2 is 1.78 bits per heavy atom. The number of hydrogen-bond acceptors (Lipinski definition) is 5. The minimum Gasteiger partial charge on any atom is -0.350 e. The predicted octanol–water partition coefficient (Wildman–Crippen LogP) is 1.90. The third kappa shape index (κ3) is 3.63. The molecule has 0 bridgehead atoms. The first kappa shape index (κ1) is 18.9. The monoisotopic (exact) mass is 394 g/mol. The number of hydrogen-bond donors (Lipinski definition) is 0. The molecule has 0 aromatic heterocycles. The van der Waals surface area contributed by atoms with Crippen molar-refractivity contribution in [1.29, 1.82) is 0 Å². The smallest absolute Gasteiger partial charge is 0.243 e. The van der Waals surface area contributed by atoms with E-state index in [-0.39, 0.29) is 18.1 Å². The first-order chi connectivity index (χ1) is 13.0. The highest BCUT2D eigenvalue weighted by molar-refractivity contribution is 7.89. The molecule has 3 saturated heterocycles. The molecule has 3 fully saturated rings. The SMILES string of the molecule is Cc1cc(N2CCCC2=O)ccc1S(=O)(=O)N1CCC(C2OCCO2)CC1. The summed E-state index contributed by atoms with van der Waals surface area (Å²) in [6.45, 7) is 4.68. The summed E-state index contributed by atoms with van der Waals surface area (Å²) in [5.41, 5.74) is 1.46. The maximum absolute atomic E-state index is 13.1. The van der Waals surface area contributed by atoms with Gasteiger partial charge in [-0.25, -0.2) is 8.42 Å². The molecule has 7 nitrogen and oxygen atoms in total. The lowest BCUT2D eigenvalue weighted by Crippen LogP contribution is -2.41. The summed E-state index contributed by atoms with van der Waals surface area (Å²) in [6, 6.07) is 5.19. The fourth-order valence-corrected chi connectivity index (χ4v) is 5.86. The lowest BCUT2D eigenvalue weighted by atomic mass is 9.98. The molecule has 27 heavy (non-hydrogen) atoms. The Balaban J connectivity index is 1.48. The molecule has 8 heteroatoms. The highest BCUT2D eigenvalue weighted by atomic mass is 32.2. The lowest BCUT2D eigenvalue weighted by molar-refractivity contribution is -0.117. The van der Waals surface area contributed by atoms with Crippen LogP contribution in [0.4, 0.5) is 5.69 Å². The van der Waals surface area contributed by atoms with Crippen molar-refractivity contribution in [2.75, 3.05) is 37.7 Å². The summed E-state index contributed by atoms with van der Waals surface area (Å²) < 4.78 is 38.9. The van der Waals surface area contributed by atoms with Gasteiger partial charge in [0.05, 0.1) is 18.1 Å². The normalized spacial score (nSPS) is 23.4. The first-order valence-electron chi connectivity index (χ1n) is 9.61. The Morgan fingerprint density at radius 3 is 2.37 bits per heavy atom. The minimum absolute atomic E-state index is 0.100. The first-order valence-corrected chi connectivity index (χ1v) is 11.1. The maximum atomic E-state index is 13.1. The second kappa shape index (κ2) is 7.50. The molecule has 0 unspecified atom stereocenters. The Morgan fingerprint density at radius 1 is 1.07 bits per heavy atom. The van der Waals surface area contributed by atoms with Crippen LogP contribution in [0.2, 0.25) is 0 Å². The van der Waals surface area contributed by atoms with Gasteiger partial charge in [0, 0.05) is 37.7 Å². The molecule has 3 heterocycles. The van der Waals surface area contributed by atoms with Crippen LogP contribution in [-0.2, 0) is 24.3 Å². The Kier molecular flexibility index (Phi) is 5.24. The van der Waals surface area contributed by atoms with Crippen molar-refractivity contribution < 1.29 is 22.7 Å². The van der Waals surface area contributed by atoms with E-state index in [2.05, 4.69) is 0 Å². The van der Waals surface area contributed by atoms with Gasteiger partial charge in [0.2, 0.25) is 15.9 Å². The largest absolute Gasteiger partial charge is 0.350 e. The molecule has 0 spiro atoms. The molecule has 1 aromatic carbocycles. The Labute approximate surface area is 160 Å². The molecular formula is C19H26N2O5S. The van der Waals surface area contributed by atoms with Gasteiger partial charge in [-0.05, 0) is 49.9 Å². The van der Waals surface area contributed by atoms with Gasteiger partial charge in [-0.1, -0.05) is 0 Å². The quantitative estimate of drug-likeness (QED) is 0.780. The van der Waals surface area contributed by atoms with Crippen LogP contribution < -0.4 is 4.90 Å². The fraction of sp³-hybridized carbons (Fsp3) is 0.632. The number of piperidine rings is 1. The molecular weight excluding hydrogens is 368 g/mol. The van der Waals surface area contributed by atoms with Gasteiger partial charge >= 0.3 is 0 Å². The number of ether oxygens (including phenoxy) is 2. The number of carbonyl (C=O) groups is 1. The second-order valence-corrected chi connectivity index (χ2v) is 9.36. The molecule has 0 radical (unpaired) electrons. The highest BCUT2D eigenvalue weighted by Crippen LogP contribution is 2.31. The van der Waals surface area contributed by atoms with Crippen molar-refractivity contribution in [3.8, 4) is 0 Å². The van der Waals surface area contributed by atoms with Crippen LogP contribution in [0.3, 0.4) is 0 Å². The third-order valence-electron chi connectivity index (χ3n) is 5.69. The molecule has 148 valence electrons. The molecule has 0 aliphatic carbocycles. The van der Waals surface area contributed by atoms with Gasteiger partial charge in [0.1, 0.15) is 0 Å². The van der Waals surface area contributed by atoms with Gasteiger partial charge in [-0.2, -0.15) is 4.31 Å². The van der Waals surface area contributed by atoms with Gasteiger partial charge in [-0.15, -0.1) is 0 Å². The van der Waals surface area contributed by atoms with Crippen LogP contribution in [0.25, 0.3) is 0 Å². The van der Waals surface area contributed by atoms with Crippen molar-refractivity contribution in [3.63, 3.8) is 0 Å². The summed E-state index contributed by atoms with van der Waals surface area (Å²) in [5, 5.41) is 0. The van der Waals surface area contributed by atoms with Crippen molar-refractivity contribution >= 4 is 21.6 Å². The lowest BCUT2D eigenvalue weighted by Gasteiger charge is -2.33. The molecule has 0 saturated carbocycles. The van der Waals surface area contributed by atoms with Crippen molar-refractivity contribution in [1.82, 2.24) is 4.31 Å². The molecule has 1 amide bonds. The topological polar surface area (TPSA) is 76.2 Å². The molecule has 1 aromatic rings. The maximum Gasteiger partial charge on any atom is 0.243 e. The molecule has 3 aliphatic heterocycles.